The Morgan fingerprint density at radius 1 is 1.05 bits per heavy atom. The first-order valence-electron chi connectivity index (χ1n) is 13.2. The highest BCUT2D eigenvalue weighted by molar-refractivity contribution is 7.89. The smallest absolute Gasteiger partial charge is 0.311 e. The van der Waals surface area contributed by atoms with E-state index >= 15 is 0 Å². The van der Waals surface area contributed by atoms with Crippen molar-refractivity contribution in [2.75, 3.05) is 7.05 Å². The summed E-state index contributed by atoms with van der Waals surface area (Å²) in [6, 6.07) is 16.1. The number of rotatable bonds is 7. The van der Waals surface area contributed by atoms with Crippen molar-refractivity contribution in [1.29, 1.82) is 0 Å². The van der Waals surface area contributed by atoms with Crippen LogP contribution in [0.25, 0.3) is 10.9 Å². The quantitative estimate of drug-likeness (QED) is 0.371. The van der Waals surface area contributed by atoms with Crippen molar-refractivity contribution in [3.05, 3.63) is 65.9 Å². The number of carbonyl (C=O) groups excluding carboxylic acids is 1. The number of carbonyl (C=O) groups is 1. The number of hydrogen-bond acceptors (Lipinski definition) is 6. The summed E-state index contributed by atoms with van der Waals surface area (Å²) in [5.74, 6) is 0.185. The lowest BCUT2D eigenvalue weighted by Crippen LogP contribution is -2.49. The molecular weight excluding hydrogens is 500 g/mol. The van der Waals surface area contributed by atoms with Crippen LogP contribution in [0.5, 0.6) is 5.75 Å². The zero-order valence-corrected chi connectivity index (χ0v) is 23.5. The molecule has 0 N–H and O–H groups in total. The number of aryl methyl sites for hydroxylation is 1. The van der Waals surface area contributed by atoms with Gasteiger partial charge in [-0.1, -0.05) is 18.2 Å². The van der Waals surface area contributed by atoms with Gasteiger partial charge in [-0.25, -0.2) is 8.42 Å². The summed E-state index contributed by atoms with van der Waals surface area (Å²) in [5, 5.41) is 1.03. The second-order valence-corrected chi connectivity index (χ2v) is 13.6. The van der Waals surface area contributed by atoms with E-state index in [9.17, 15) is 13.2 Å². The van der Waals surface area contributed by atoms with E-state index in [1.54, 1.807) is 31.3 Å². The van der Waals surface area contributed by atoms with E-state index in [0.717, 1.165) is 41.4 Å². The van der Waals surface area contributed by atoms with Crippen molar-refractivity contribution in [3.8, 4) is 5.75 Å². The van der Waals surface area contributed by atoms with Gasteiger partial charge in [0.05, 0.1) is 16.3 Å². The van der Waals surface area contributed by atoms with Crippen molar-refractivity contribution in [2.24, 2.45) is 17.8 Å². The van der Waals surface area contributed by atoms with Crippen LogP contribution in [0.2, 0.25) is 0 Å². The van der Waals surface area contributed by atoms with Crippen molar-refractivity contribution in [2.45, 2.75) is 70.1 Å². The minimum atomic E-state index is -3.81. The molecule has 5 rings (SSSR count). The first kappa shape index (κ1) is 26.6. The summed E-state index contributed by atoms with van der Waals surface area (Å²) < 4.78 is 40.4. The van der Waals surface area contributed by atoms with Crippen LogP contribution in [-0.4, -0.2) is 42.4 Å². The van der Waals surface area contributed by atoms with E-state index in [0.29, 0.717) is 12.4 Å². The third kappa shape index (κ3) is 5.16. The van der Waals surface area contributed by atoms with Gasteiger partial charge in [0.25, 0.3) is 0 Å². The number of pyridine rings is 1. The van der Waals surface area contributed by atoms with Crippen LogP contribution in [0.4, 0.5) is 0 Å². The van der Waals surface area contributed by atoms with Gasteiger partial charge in [-0.05, 0) is 95.2 Å². The normalized spacial score (nSPS) is 23.2. The van der Waals surface area contributed by atoms with Crippen LogP contribution in [0.1, 0.15) is 51.3 Å². The van der Waals surface area contributed by atoms with Crippen LogP contribution in [0, 0.1) is 24.7 Å². The minimum Gasteiger partial charge on any atom is -0.489 e. The van der Waals surface area contributed by atoms with E-state index in [1.165, 1.54) is 4.31 Å². The Morgan fingerprint density at radius 2 is 1.74 bits per heavy atom. The molecule has 0 saturated heterocycles. The fourth-order valence-corrected chi connectivity index (χ4v) is 7.63. The zero-order chi connectivity index (χ0) is 27.2. The molecule has 202 valence electrons. The standard InChI is InChI=1S/C30H36N2O5S/c1-19-16-22(25-8-6-7-9-26(25)31-19)18-36-23-12-14-24(15-13-23)38(34,35)32(5)28-21-11-10-20(17-21)27(28)29(33)37-30(2,3)4/h6-9,12-16,20-21,27-28H,10-11,17-18H2,1-5H3. The molecule has 2 bridgehead atoms. The van der Waals surface area contributed by atoms with Gasteiger partial charge in [-0.3, -0.25) is 9.78 Å². The molecule has 4 unspecified atom stereocenters. The Labute approximate surface area is 225 Å². The molecule has 3 aromatic rings. The third-order valence-corrected chi connectivity index (χ3v) is 9.67. The number of nitrogens with zero attached hydrogens (tertiary/aromatic N) is 2. The van der Waals surface area contributed by atoms with E-state index in [4.69, 9.17) is 9.47 Å². The molecule has 4 atom stereocenters. The van der Waals surface area contributed by atoms with E-state index in [-0.39, 0.29) is 22.7 Å². The van der Waals surface area contributed by atoms with Gasteiger partial charge in [0.1, 0.15) is 18.0 Å². The van der Waals surface area contributed by atoms with Gasteiger partial charge in [0.2, 0.25) is 10.0 Å². The van der Waals surface area contributed by atoms with Crippen molar-refractivity contribution in [1.82, 2.24) is 9.29 Å². The number of para-hydroxylation sites is 1. The molecule has 2 aromatic carbocycles. The Bertz CT molecular complexity index is 1450. The summed E-state index contributed by atoms with van der Waals surface area (Å²) in [6.07, 6.45) is 2.74. The van der Waals surface area contributed by atoms with Gasteiger partial charge in [0.15, 0.2) is 0 Å². The molecule has 0 spiro atoms. The summed E-state index contributed by atoms with van der Waals surface area (Å²) in [4.78, 5) is 17.9. The lowest BCUT2D eigenvalue weighted by atomic mass is 9.84. The number of aromatic nitrogens is 1. The zero-order valence-electron chi connectivity index (χ0n) is 22.7. The fourth-order valence-electron chi connectivity index (χ4n) is 6.20. The molecule has 0 amide bonds. The third-order valence-electron chi connectivity index (χ3n) is 7.80. The van der Waals surface area contributed by atoms with Crippen LogP contribution in [-0.2, 0) is 26.2 Å². The second kappa shape index (κ2) is 9.97. The summed E-state index contributed by atoms with van der Waals surface area (Å²) in [6.45, 7) is 7.83. The van der Waals surface area contributed by atoms with Gasteiger partial charge >= 0.3 is 5.97 Å². The maximum Gasteiger partial charge on any atom is 0.311 e. The first-order chi connectivity index (χ1) is 17.9. The molecule has 0 aliphatic heterocycles. The summed E-state index contributed by atoms with van der Waals surface area (Å²) in [5.41, 5.74) is 2.24. The Morgan fingerprint density at radius 3 is 2.45 bits per heavy atom. The maximum absolute atomic E-state index is 13.6. The minimum absolute atomic E-state index is 0.165. The lowest BCUT2D eigenvalue weighted by molar-refractivity contribution is -0.163. The molecule has 1 heterocycles. The predicted octanol–water partition coefficient (Wildman–Crippen LogP) is 5.50. The van der Waals surface area contributed by atoms with Crippen molar-refractivity contribution >= 4 is 26.9 Å². The molecule has 2 fully saturated rings. The Hall–Kier alpha value is -2.97. The molecule has 2 saturated carbocycles. The van der Waals surface area contributed by atoms with Crippen molar-refractivity contribution < 1.29 is 22.7 Å². The Kier molecular flexibility index (Phi) is 6.99. The summed E-state index contributed by atoms with van der Waals surface area (Å²) in [7, 11) is -2.21. The maximum atomic E-state index is 13.6. The molecule has 2 aliphatic carbocycles. The van der Waals surface area contributed by atoms with Crippen LogP contribution < -0.4 is 4.74 Å². The number of ether oxygens (including phenoxy) is 2. The van der Waals surface area contributed by atoms with Gasteiger partial charge in [0, 0.05) is 29.7 Å². The Balaban J connectivity index is 1.32. The highest BCUT2D eigenvalue weighted by Gasteiger charge is 2.55. The van der Waals surface area contributed by atoms with E-state index < -0.39 is 27.6 Å². The van der Waals surface area contributed by atoms with Crippen molar-refractivity contribution in [3.63, 3.8) is 0 Å². The first-order valence-corrected chi connectivity index (χ1v) is 14.7. The molecular formula is C30H36N2O5S. The van der Waals surface area contributed by atoms with E-state index in [1.807, 2.05) is 58.0 Å². The lowest BCUT2D eigenvalue weighted by Gasteiger charge is -2.36. The average molecular weight is 537 g/mol. The van der Waals surface area contributed by atoms with Gasteiger partial charge in [-0.2, -0.15) is 4.31 Å². The van der Waals surface area contributed by atoms with Crippen LogP contribution in [0.15, 0.2) is 59.5 Å². The fraction of sp³-hybridized carbons (Fsp3) is 0.467. The second-order valence-electron chi connectivity index (χ2n) is 11.6. The average Bonchev–Trinajstić information content (AvgIpc) is 3.48. The highest BCUT2D eigenvalue weighted by Crippen LogP contribution is 2.51. The number of hydrogen-bond donors (Lipinski definition) is 0. The molecule has 0 radical (unpaired) electrons. The molecule has 7 nitrogen and oxygen atoms in total. The predicted molar refractivity (Wildman–Crippen MR) is 146 cm³/mol. The monoisotopic (exact) mass is 536 g/mol. The number of esters is 1. The molecule has 2 aliphatic rings. The SMILES string of the molecule is Cc1cc(COc2ccc(S(=O)(=O)N(C)C3C4CCC(C4)C3C(=O)OC(C)(C)C)cc2)c2ccccc2n1. The van der Waals surface area contributed by atoms with Crippen LogP contribution >= 0.6 is 0 Å². The number of sulfonamides is 1. The van der Waals surface area contributed by atoms with E-state index in [2.05, 4.69) is 4.98 Å². The number of fused-ring (bicyclic) bond motifs is 3. The topological polar surface area (TPSA) is 85.8 Å². The molecule has 38 heavy (non-hydrogen) atoms. The van der Waals surface area contributed by atoms with Crippen LogP contribution in [0.3, 0.4) is 0 Å². The van der Waals surface area contributed by atoms with Gasteiger partial charge in [-0.15, -0.1) is 0 Å². The number of benzene rings is 2. The summed E-state index contributed by atoms with van der Waals surface area (Å²) >= 11 is 0. The highest BCUT2D eigenvalue weighted by atomic mass is 32.2. The van der Waals surface area contributed by atoms with Gasteiger partial charge < -0.3 is 9.47 Å². The largest absolute Gasteiger partial charge is 0.489 e. The molecule has 8 heteroatoms. The molecule has 1 aromatic heterocycles.